The van der Waals surface area contributed by atoms with E-state index in [9.17, 15) is 14.9 Å². The molecule has 0 saturated carbocycles. The molecule has 162 valence electrons. The lowest BCUT2D eigenvalue weighted by atomic mass is 10.3. The van der Waals surface area contributed by atoms with Crippen molar-refractivity contribution in [2.75, 3.05) is 46.3 Å². The number of methoxy groups -OCH3 is 2. The largest absolute Gasteiger partial charge is 0.495 e. The zero-order chi connectivity index (χ0) is 21.1. The van der Waals surface area contributed by atoms with Crippen molar-refractivity contribution in [1.29, 1.82) is 0 Å². The van der Waals surface area contributed by atoms with Gasteiger partial charge in [0, 0.05) is 13.1 Å². The molecule has 2 heterocycles. The van der Waals surface area contributed by atoms with Crippen LogP contribution in [0.3, 0.4) is 0 Å². The topological polar surface area (TPSA) is 111 Å². The van der Waals surface area contributed by atoms with Crippen molar-refractivity contribution in [3.8, 4) is 11.5 Å². The van der Waals surface area contributed by atoms with Gasteiger partial charge in [-0.1, -0.05) is 11.3 Å². The minimum atomic E-state index is -0.686. The number of ether oxygens (including phenoxy) is 2. The zero-order valence-corrected chi connectivity index (χ0v) is 18.4. The summed E-state index contributed by atoms with van der Waals surface area (Å²) < 4.78 is 16.6. The first kappa shape index (κ1) is 23.4. The summed E-state index contributed by atoms with van der Waals surface area (Å²) in [5, 5.41) is 11.3. The van der Waals surface area contributed by atoms with E-state index in [1.165, 1.54) is 29.4 Å². The Morgan fingerprint density at radius 2 is 1.83 bits per heavy atom. The monoisotopic (exact) mass is 456 g/mol. The van der Waals surface area contributed by atoms with E-state index in [0.717, 1.165) is 10.8 Å². The number of halogens is 1. The molecule has 0 aliphatic carbocycles. The lowest BCUT2D eigenvalue weighted by molar-refractivity contribution is -0.402. The van der Waals surface area contributed by atoms with Crippen LogP contribution in [0.15, 0.2) is 28.7 Å². The number of aromatic nitrogens is 1. The van der Waals surface area contributed by atoms with E-state index in [1.54, 1.807) is 19.2 Å². The molecule has 3 rings (SSSR count). The van der Waals surface area contributed by atoms with Gasteiger partial charge in [0.2, 0.25) is 0 Å². The number of furan rings is 1. The third-order valence-corrected chi connectivity index (χ3v) is 5.22. The van der Waals surface area contributed by atoms with E-state index in [0.29, 0.717) is 35.2 Å². The fourth-order valence-electron chi connectivity index (χ4n) is 2.65. The summed E-state index contributed by atoms with van der Waals surface area (Å²) >= 11 is 1.27. The number of hydrogen-bond acceptors (Lipinski definition) is 9. The van der Waals surface area contributed by atoms with Crippen molar-refractivity contribution in [2.45, 2.75) is 0 Å². The van der Waals surface area contributed by atoms with Crippen LogP contribution < -0.4 is 14.4 Å². The number of likely N-dealkylation sites (N-methyl/N-ethyl adjacent to an activating group) is 1. The smallest absolute Gasteiger partial charge is 0.433 e. The molecule has 0 aliphatic rings. The summed E-state index contributed by atoms with van der Waals surface area (Å²) in [7, 11) is 6.85. The molecule has 0 bridgehead atoms. The highest BCUT2D eigenvalue weighted by atomic mass is 35.5. The Morgan fingerprint density at radius 1 is 1.17 bits per heavy atom. The number of benzene rings is 1. The summed E-state index contributed by atoms with van der Waals surface area (Å²) in [6, 6.07) is 5.96. The van der Waals surface area contributed by atoms with Crippen LogP contribution in [0.4, 0.5) is 11.0 Å². The van der Waals surface area contributed by atoms with E-state index in [2.05, 4.69) is 4.98 Å². The van der Waals surface area contributed by atoms with Gasteiger partial charge in [0.15, 0.2) is 10.9 Å². The maximum absolute atomic E-state index is 13.1. The summed E-state index contributed by atoms with van der Waals surface area (Å²) in [5.41, 5.74) is 0.569. The van der Waals surface area contributed by atoms with E-state index in [4.69, 9.17) is 13.9 Å². The number of rotatable bonds is 8. The zero-order valence-electron chi connectivity index (χ0n) is 16.8. The maximum atomic E-state index is 13.1. The molecule has 0 aliphatic heterocycles. The van der Waals surface area contributed by atoms with Gasteiger partial charge >= 0.3 is 5.88 Å². The van der Waals surface area contributed by atoms with Crippen molar-refractivity contribution in [1.82, 2.24) is 9.88 Å². The normalized spacial score (nSPS) is 10.7. The fourth-order valence-corrected chi connectivity index (χ4v) is 3.75. The Balaban J connectivity index is 0.00000320. The van der Waals surface area contributed by atoms with Crippen LogP contribution >= 0.6 is 23.7 Å². The lowest BCUT2D eigenvalue weighted by Gasteiger charge is -2.20. The van der Waals surface area contributed by atoms with Crippen molar-refractivity contribution < 1.29 is 23.6 Å². The minimum absolute atomic E-state index is 0. The van der Waals surface area contributed by atoms with Crippen LogP contribution in [0.5, 0.6) is 11.5 Å². The molecule has 3 aromatic rings. The number of fused-ring (bicyclic) bond motifs is 1. The molecule has 0 N–H and O–H groups in total. The second-order valence-electron chi connectivity index (χ2n) is 6.30. The van der Waals surface area contributed by atoms with Crippen molar-refractivity contribution in [2.24, 2.45) is 0 Å². The molecule has 0 saturated heterocycles. The SMILES string of the molecule is COc1ccc(OC)c2sc(N(CCN(C)C)C(=O)c3ccc([N+](=O)[O-])o3)nc12.Cl. The van der Waals surface area contributed by atoms with Crippen molar-refractivity contribution in [3.63, 3.8) is 0 Å². The third kappa shape index (κ3) is 4.64. The highest BCUT2D eigenvalue weighted by Crippen LogP contribution is 2.40. The lowest BCUT2D eigenvalue weighted by Crippen LogP contribution is -2.36. The summed E-state index contributed by atoms with van der Waals surface area (Å²) in [4.78, 5) is 31.2. The number of nitro groups is 1. The van der Waals surface area contributed by atoms with Crippen LogP contribution in [-0.4, -0.2) is 62.1 Å². The summed E-state index contributed by atoms with van der Waals surface area (Å²) in [5.74, 6) is 0.0225. The summed E-state index contributed by atoms with van der Waals surface area (Å²) in [6.45, 7) is 0.865. The quantitative estimate of drug-likeness (QED) is 0.374. The van der Waals surface area contributed by atoms with Gasteiger partial charge in [0.1, 0.15) is 26.6 Å². The average Bonchev–Trinajstić information content (AvgIpc) is 3.34. The van der Waals surface area contributed by atoms with E-state index >= 15 is 0 Å². The molecule has 12 heteroatoms. The standard InChI is InChI=1S/C18H20N4O6S.ClH/c1-20(2)9-10-21(17(23)13-7-8-14(28-13)22(24)25)18-19-15-11(26-3)5-6-12(27-4)16(15)29-18;/h5-8H,9-10H2,1-4H3;1H. The predicted molar refractivity (Wildman–Crippen MR) is 116 cm³/mol. The Hall–Kier alpha value is -2.89. The molecular weight excluding hydrogens is 436 g/mol. The molecule has 0 atom stereocenters. The van der Waals surface area contributed by atoms with Gasteiger partial charge in [-0.15, -0.1) is 12.4 Å². The molecule has 0 unspecified atom stereocenters. The molecule has 0 radical (unpaired) electrons. The predicted octanol–water partition coefficient (Wildman–Crippen LogP) is 3.44. The van der Waals surface area contributed by atoms with Crippen LogP contribution in [0, 0.1) is 10.1 Å². The van der Waals surface area contributed by atoms with Gasteiger partial charge in [-0.05, 0) is 32.3 Å². The fraction of sp³-hybridized carbons (Fsp3) is 0.333. The van der Waals surface area contributed by atoms with Gasteiger partial charge in [0.25, 0.3) is 5.91 Å². The van der Waals surface area contributed by atoms with Gasteiger partial charge in [-0.2, -0.15) is 0 Å². The van der Waals surface area contributed by atoms with E-state index in [1.807, 2.05) is 19.0 Å². The Bertz CT molecular complexity index is 1010. The van der Waals surface area contributed by atoms with Gasteiger partial charge in [0.05, 0.1) is 20.3 Å². The first-order valence-electron chi connectivity index (χ1n) is 8.58. The minimum Gasteiger partial charge on any atom is -0.495 e. The van der Waals surface area contributed by atoms with E-state index in [-0.39, 0.29) is 18.2 Å². The average molecular weight is 457 g/mol. The van der Waals surface area contributed by atoms with E-state index < -0.39 is 16.7 Å². The molecular formula is C18H21ClN4O6S. The Morgan fingerprint density at radius 3 is 2.40 bits per heavy atom. The molecule has 0 fully saturated rings. The van der Waals surface area contributed by atoms with Crippen molar-refractivity contribution >= 4 is 50.9 Å². The van der Waals surface area contributed by atoms with Crippen LogP contribution in [0.2, 0.25) is 0 Å². The molecule has 30 heavy (non-hydrogen) atoms. The Kier molecular flexibility index (Phi) is 7.59. The highest BCUT2D eigenvalue weighted by molar-refractivity contribution is 7.22. The van der Waals surface area contributed by atoms with Gasteiger partial charge in [-0.3, -0.25) is 19.8 Å². The number of thiazole rings is 1. The molecule has 10 nitrogen and oxygen atoms in total. The summed E-state index contributed by atoms with van der Waals surface area (Å²) in [6.07, 6.45) is 0. The number of nitrogens with zero attached hydrogens (tertiary/aromatic N) is 4. The number of carbonyl (C=O) groups excluding carboxylic acids is 1. The second-order valence-corrected chi connectivity index (χ2v) is 7.28. The number of hydrogen-bond donors (Lipinski definition) is 0. The van der Waals surface area contributed by atoms with Crippen LogP contribution in [0.25, 0.3) is 10.2 Å². The molecule has 0 spiro atoms. The number of amides is 1. The first-order chi connectivity index (χ1) is 13.8. The number of anilines is 1. The number of carbonyl (C=O) groups is 1. The molecule has 1 aromatic carbocycles. The highest BCUT2D eigenvalue weighted by Gasteiger charge is 2.27. The first-order valence-corrected chi connectivity index (χ1v) is 9.39. The van der Waals surface area contributed by atoms with Crippen LogP contribution in [-0.2, 0) is 0 Å². The van der Waals surface area contributed by atoms with Crippen molar-refractivity contribution in [3.05, 3.63) is 40.1 Å². The maximum Gasteiger partial charge on any atom is 0.433 e. The molecule has 2 aromatic heterocycles. The van der Waals surface area contributed by atoms with Crippen LogP contribution in [0.1, 0.15) is 10.6 Å². The third-order valence-electron chi connectivity index (χ3n) is 4.13. The van der Waals surface area contributed by atoms with Gasteiger partial charge in [-0.25, -0.2) is 4.98 Å². The second kappa shape index (κ2) is 9.74. The van der Waals surface area contributed by atoms with Gasteiger partial charge < -0.3 is 18.8 Å². The molecule has 1 amide bonds. The Labute approximate surface area is 182 Å².